The molecule has 4 nitrogen and oxygen atoms in total. The molecule has 2 aliphatic rings. The first-order valence-corrected chi connectivity index (χ1v) is 5.14. The number of cyclic esters (lactones) is 1. The van der Waals surface area contributed by atoms with Crippen LogP contribution in [0.4, 0.5) is 4.79 Å². The molecule has 0 aliphatic carbocycles. The molecule has 2 rings (SSSR count). The Balaban J connectivity index is 2.30. The predicted molar refractivity (Wildman–Crippen MR) is 53.2 cm³/mol. The van der Waals surface area contributed by atoms with Crippen LogP contribution in [0, 0.1) is 0 Å². The first-order chi connectivity index (χ1) is 6.46. The van der Waals surface area contributed by atoms with Gasteiger partial charge in [0, 0.05) is 12.1 Å². The van der Waals surface area contributed by atoms with E-state index < -0.39 is 0 Å². The van der Waals surface area contributed by atoms with E-state index in [4.69, 9.17) is 4.74 Å². The molecule has 0 saturated carbocycles. The molecule has 14 heavy (non-hydrogen) atoms. The summed E-state index contributed by atoms with van der Waals surface area (Å²) in [5.41, 5.74) is -0.241. The zero-order valence-electron chi connectivity index (χ0n) is 9.09. The summed E-state index contributed by atoms with van der Waals surface area (Å²) in [7, 11) is 0. The van der Waals surface area contributed by atoms with Crippen LogP contribution in [0.5, 0.6) is 0 Å². The number of nitrogens with one attached hydrogen (secondary N) is 1. The lowest BCUT2D eigenvalue weighted by atomic mass is 9.92. The first kappa shape index (κ1) is 9.77. The quantitative estimate of drug-likeness (QED) is 0.630. The Labute approximate surface area is 84.6 Å². The van der Waals surface area contributed by atoms with Crippen molar-refractivity contribution >= 4 is 6.09 Å². The smallest absolute Gasteiger partial charge is 0.410 e. The molecule has 1 N–H and O–H groups in total. The maximum absolute atomic E-state index is 11.7. The molecular formula is C10H18N2O2. The van der Waals surface area contributed by atoms with Gasteiger partial charge in [-0.25, -0.2) is 4.79 Å². The zero-order valence-corrected chi connectivity index (χ0v) is 9.09. The third-order valence-corrected chi connectivity index (χ3v) is 3.01. The Morgan fingerprint density at radius 2 is 2.21 bits per heavy atom. The van der Waals surface area contributed by atoms with Gasteiger partial charge in [-0.1, -0.05) is 0 Å². The van der Waals surface area contributed by atoms with E-state index in [2.05, 4.69) is 26.1 Å². The normalized spacial score (nSPS) is 32.8. The fraction of sp³-hybridized carbons (Fsp3) is 0.900. The van der Waals surface area contributed by atoms with Crippen LogP contribution in [0.2, 0.25) is 0 Å². The predicted octanol–water partition coefficient (Wildman–Crippen LogP) is 0.969. The van der Waals surface area contributed by atoms with Gasteiger partial charge in [-0.15, -0.1) is 0 Å². The van der Waals surface area contributed by atoms with Crippen molar-refractivity contribution in [1.29, 1.82) is 0 Å². The summed E-state index contributed by atoms with van der Waals surface area (Å²) in [5, 5.41) is 3.30. The Morgan fingerprint density at radius 3 is 2.71 bits per heavy atom. The van der Waals surface area contributed by atoms with Crippen molar-refractivity contribution in [3.8, 4) is 0 Å². The molecule has 0 bridgehead atoms. The Kier molecular flexibility index (Phi) is 2.00. The molecule has 0 radical (unpaired) electrons. The lowest BCUT2D eigenvalue weighted by Gasteiger charge is -2.40. The van der Waals surface area contributed by atoms with Gasteiger partial charge in [0.2, 0.25) is 0 Å². The van der Waals surface area contributed by atoms with Gasteiger partial charge in [-0.3, -0.25) is 4.90 Å². The van der Waals surface area contributed by atoms with Gasteiger partial charge in [-0.2, -0.15) is 0 Å². The number of amides is 1. The average molecular weight is 198 g/mol. The van der Waals surface area contributed by atoms with Crippen LogP contribution in [0.25, 0.3) is 0 Å². The fourth-order valence-electron chi connectivity index (χ4n) is 2.55. The molecule has 0 aromatic rings. The Bertz CT molecular complexity index is 251. The minimum Gasteiger partial charge on any atom is -0.447 e. The van der Waals surface area contributed by atoms with Crippen molar-refractivity contribution in [3.63, 3.8) is 0 Å². The minimum atomic E-state index is -0.166. The van der Waals surface area contributed by atoms with Gasteiger partial charge in [0.25, 0.3) is 0 Å². The first-order valence-electron chi connectivity index (χ1n) is 5.14. The lowest BCUT2D eigenvalue weighted by Crippen LogP contribution is -2.57. The molecule has 1 atom stereocenters. The summed E-state index contributed by atoms with van der Waals surface area (Å²) < 4.78 is 5.18. The van der Waals surface area contributed by atoms with E-state index in [9.17, 15) is 4.79 Å². The van der Waals surface area contributed by atoms with E-state index >= 15 is 0 Å². The summed E-state index contributed by atoms with van der Waals surface area (Å²) in [6.45, 7) is 8.54. The van der Waals surface area contributed by atoms with Crippen LogP contribution in [0.15, 0.2) is 0 Å². The van der Waals surface area contributed by atoms with E-state index in [-0.39, 0.29) is 17.2 Å². The summed E-state index contributed by atoms with van der Waals surface area (Å²) >= 11 is 0. The third-order valence-electron chi connectivity index (χ3n) is 3.01. The van der Waals surface area contributed by atoms with Gasteiger partial charge < -0.3 is 10.1 Å². The fourth-order valence-corrected chi connectivity index (χ4v) is 2.55. The second-order valence-electron chi connectivity index (χ2n) is 5.21. The topological polar surface area (TPSA) is 41.6 Å². The van der Waals surface area contributed by atoms with Crippen molar-refractivity contribution in [1.82, 2.24) is 10.2 Å². The molecule has 1 amide bonds. The molecule has 80 valence electrons. The van der Waals surface area contributed by atoms with Gasteiger partial charge in [0.15, 0.2) is 0 Å². The molecule has 2 aliphatic heterocycles. The van der Waals surface area contributed by atoms with Crippen LogP contribution in [0.1, 0.15) is 27.2 Å². The van der Waals surface area contributed by atoms with Crippen LogP contribution in [-0.2, 0) is 4.74 Å². The van der Waals surface area contributed by atoms with Crippen molar-refractivity contribution in [2.24, 2.45) is 0 Å². The van der Waals surface area contributed by atoms with Crippen molar-refractivity contribution in [2.75, 3.05) is 19.7 Å². The van der Waals surface area contributed by atoms with E-state index in [1.165, 1.54) is 0 Å². The van der Waals surface area contributed by atoms with Gasteiger partial charge in [0.1, 0.15) is 6.61 Å². The lowest BCUT2D eigenvalue weighted by molar-refractivity contribution is 0.0889. The highest BCUT2D eigenvalue weighted by atomic mass is 16.6. The molecule has 1 unspecified atom stereocenters. The molecule has 0 aromatic carbocycles. The number of nitrogens with zero attached hydrogens (tertiary/aromatic N) is 1. The molecule has 2 fully saturated rings. The summed E-state index contributed by atoms with van der Waals surface area (Å²) in [6.07, 6.45) is 0.830. The molecule has 0 aromatic heterocycles. The largest absolute Gasteiger partial charge is 0.447 e. The van der Waals surface area contributed by atoms with Crippen LogP contribution in [0.3, 0.4) is 0 Å². The van der Waals surface area contributed by atoms with Crippen molar-refractivity contribution in [3.05, 3.63) is 0 Å². The number of ether oxygens (including phenoxy) is 1. The van der Waals surface area contributed by atoms with Crippen molar-refractivity contribution < 1.29 is 9.53 Å². The number of carbonyl (C=O) groups excluding carboxylic acids is 1. The number of rotatable bonds is 0. The van der Waals surface area contributed by atoms with Crippen LogP contribution >= 0.6 is 0 Å². The van der Waals surface area contributed by atoms with E-state index in [1.54, 1.807) is 0 Å². The van der Waals surface area contributed by atoms with Gasteiger partial charge in [-0.05, 0) is 33.7 Å². The standard InChI is InChI=1S/C10H18N2O2/c1-9(2,3)12-8(13)14-7-10(12)4-5-11-6-10/h11H,4-7H2,1-3H3. The molecule has 4 heteroatoms. The third kappa shape index (κ3) is 1.29. The second kappa shape index (κ2) is 2.86. The monoisotopic (exact) mass is 198 g/mol. The van der Waals surface area contributed by atoms with Crippen LogP contribution < -0.4 is 5.32 Å². The highest BCUT2D eigenvalue weighted by Crippen LogP contribution is 2.35. The second-order valence-corrected chi connectivity index (χ2v) is 5.21. The Morgan fingerprint density at radius 1 is 1.50 bits per heavy atom. The van der Waals surface area contributed by atoms with E-state index in [1.807, 2.05) is 4.90 Å². The number of hydrogen-bond acceptors (Lipinski definition) is 3. The van der Waals surface area contributed by atoms with E-state index in [0.717, 1.165) is 19.5 Å². The molecule has 2 saturated heterocycles. The average Bonchev–Trinajstić information content (AvgIpc) is 2.59. The highest BCUT2D eigenvalue weighted by molar-refractivity contribution is 5.72. The van der Waals surface area contributed by atoms with Gasteiger partial charge in [0.05, 0.1) is 5.54 Å². The SMILES string of the molecule is CC(C)(C)N1C(=O)OCC12CCNC2. The molecule has 1 spiro atoms. The van der Waals surface area contributed by atoms with Gasteiger partial charge >= 0.3 is 6.09 Å². The summed E-state index contributed by atoms with van der Waals surface area (Å²) in [5.74, 6) is 0. The number of carbonyl (C=O) groups is 1. The van der Waals surface area contributed by atoms with Crippen LogP contribution in [-0.4, -0.2) is 41.8 Å². The maximum Gasteiger partial charge on any atom is 0.410 e. The van der Waals surface area contributed by atoms with E-state index in [0.29, 0.717) is 6.61 Å². The zero-order chi connectivity index (χ0) is 10.4. The highest BCUT2D eigenvalue weighted by Gasteiger charge is 2.53. The summed E-state index contributed by atoms with van der Waals surface area (Å²) in [4.78, 5) is 13.6. The maximum atomic E-state index is 11.7. The number of hydrogen-bond donors (Lipinski definition) is 1. The Hall–Kier alpha value is -0.770. The van der Waals surface area contributed by atoms with Crippen molar-refractivity contribution in [2.45, 2.75) is 38.3 Å². The minimum absolute atomic E-state index is 0.0880. The summed E-state index contributed by atoms with van der Waals surface area (Å²) in [6, 6.07) is 0. The molecular weight excluding hydrogens is 180 g/mol. The molecule has 2 heterocycles.